The number of alkyl halides is 3. The van der Waals surface area contributed by atoms with Gasteiger partial charge in [0.1, 0.15) is 16.8 Å². The Morgan fingerprint density at radius 1 is 1.09 bits per heavy atom. The first-order chi connectivity index (χ1) is 15.6. The second-order valence-corrected chi connectivity index (χ2v) is 9.25. The Kier molecular flexibility index (Phi) is 6.96. The molecular weight excluding hydrogens is 551 g/mol. The van der Waals surface area contributed by atoms with Crippen LogP contribution in [0.1, 0.15) is 32.0 Å². The third-order valence-corrected chi connectivity index (χ3v) is 5.63. The quantitative estimate of drug-likeness (QED) is 0.205. The van der Waals surface area contributed by atoms with Crippen LogP contribution in [0.2, 0.25) is 5.15 Å². The summed E-state index contributed by atoms with van der Waals surface area (Å²) >= 11 is 9.22. The molecule has 182 valence electrons. The lowest BCUT2D eigenvalue weighted by molar-refractivity contribution is -0.146. The average Bonchev–Trinajstić information content (AvgIpc) is 3.30. The van der Waals surface area contributed by atoms with Crippen LogP contribution in [-0.4, -0.2) is 25.5 Å². The Labute approximate surface area is 204 Å². The highest BCUT2D eigenvalue weighted by Gasteiger charge is 2.42. The second kappa shape index (κ2) is 9.14. The smallest absolute Gasteiger partial charge is 0.422 e. The SMILES string of the molecule is Cn1nc(C(F)(F)F)c(C(OC(=O)C(C)(C)C)=C(Br)n2ccc(-c3c(F)cccc3F)n2)c1Cl. The monoisotopic (exact) mass is 566 g/mol. The van der Waals surface area contributed by atoms with Gasteiger partial charge in [0.15, 0.2) is 16.1 Å². The van der Waals surface area contributed by atoms with Crippen molar-refractivity contribution in [1.29, 1.82) is 0 Å². The molecule has 0 unspecified atom stereocenters. The molecule has 0 spiro atoms. The van der Waals surface area contributed by atoms with Gasteiger partial charge in [0.05, 0.1) is 22.2 Å². The van der Waals surface area contributed by atoms with Gasteiger partial charge in [0.25, 0.3) is 0 Å². The molecule has 3 aromatic rings. The molecule has 34 heavy (non-hydrogen) atoms. The van der Waals surface area contributed by atoms with E-state index in [9.17, 15) is 26.7 Å². The first-order valence-corrected chi connectivity index (χ1v) is 10.7. The number of nitrogens with zero attached hydrogens (tertiary/aromatic N) is 4. The fourth-order valence-corrected chi connectivity index (χ4v) is 3.45. The summed E-state index contributed by atoms with van der Waals surface area (Å²) in [6, 6.07) is 4.48. The zero-order valence-electron chi connectivity index (χ0n) is 18.1. The molecule has 6 nitrogen and oxygen atoms in total. The van der Waals surface area contributed by atoms with Crippen molar-refractivity contribution in [2.24, 2.45) is 12.5 Å². The van der Waals surface area contributed by atoms with E-state index in [0.29, 0.717) is 0 Å². The minimum absolute atomic E-state index is 0.151. The van der Waals surface area contributed by atoms with Gasteiger partial charge in [-0.25, -0.2) is 13.5 Å². The minimum Gasteiger partial charge on any atom is -0.422 e. The van der Waals surface area contributed by atoms with Crippen molar-refractivity contribution in [2.45, 2.75) is 26.9 Å². The van der Waals surface area contributed by atoms with Gasteiger partial charge in [-0.2, -0.15) is 23.4 Å². The largest absolute Gasteiger partial charge is 0.435 e. The fourth-order valence-electron chi connectivity index (χ4n) is 2.76. The standard InChI is InChI=1S/C21H17BrClF5N4O2/c1-20(2,3)19(33)34-15(14-16(21(26,27)28)30-31(4)18(14)23)17(22)32-9-8-12(29-32)13-10(24)6-5-7-11(13)25/h5-9H,1-4H3. The van der Waals surface area contributed by atoms with Crippen molar-refractivity contribution in [3.05, 3.63) is 58.5 Å². The number of ether oxygens (including phenoxy) is 1. The van der Waals surface area contributed by atoms with Gasteiger partial charge in [0, 0.05) is 13.2 Å². The lowest BCUT2D eigenvalue weighted by Gasteiger charge is -2.20. The predicted octanol–water partition coefficient (Wildman–Crippen LogP) is 6.50. The van der Waals surface area contributed by atoms with Gasteiger partial charge in [-0.05, 0) is 54.9 Å². The summed E-state index contributed by atoms with van der Waals surface area (Å²) < 4.78 is 76.4. The van der Waals surface area contributed by atoms with Gasteiger partial charge in [-0.1, -0.05) is 17.7 Å². The van der Waals surface area contributed by atoms with Crippen LogP contribution in [0.5, 0.6) is 0 Å². The van der Waals surface area contributed by atoms with E-state index in [1.54, 1.807) is 0 Å². The van der Waals surface area contributed by atoms with Gasteiger partial charge in [-0.15, -0.1) is 0 Å². The molecule has 0 saturated carbocycles. The molecule has 0 aliphatic rings. The number of rotatable bonds is 4. The highest BCUT2D eigenvalue weighted by molar-refractivity contribution is 9.15. The van der Waals surface area contributed by atoms with Crippen LogP contribution in [-0.2, 0) is 22.8 Å². The number of hydrogen-bond donors (Lipinski definition) is 0. The summed E-state index contributed by atoms with van der Waals surface area (Å²) in [5.74, 6) is -3.28. The van der Waals surface area contributed by atoms with Gasteiger partial charge in [-0.3, -0.25) is 9.48 Å². The number of carbonyl (C=O) groups is 1. The predicted molar refractivity (Wildman–Crippen MR) is 118 cm³/mol. The van der Waals surface area contributed by atoms with Crippen LogP contribution >= 0.6 is 27.5 Å². The first-order valence-electron chi connectivity index (χ1n) is 9.55. The summed E-state index contributed by atoms with van der Waals surface area (Å²) in [7, 11) is 1.19. The average molecular weight is 568 g/mol. The van der Waals surface area contributed by atoms with Crippen LogP contribution in [0.15, 0.2) is 30.5 Å². The summed E-state index contributed by atoms with van der Waals surface area (Å²) in [5.41, 5.74) is -3.80. The molecule has 3 rings (SSSR count). The van der Waals surface area contributed by atoms with E-state index >= 15 is 0 Å². The number of hydrogen-bond acceptors (Lipinski definition) is 4. The Balaban J connectivity index is 2.25. The number of halogens is 7. The molecule has 2 aromatic heterocycles. The van der Waals surface area contributed by atoms with Crippen molar-refractivity contribution in [3.63, 3.8) is 0 Å². The molecule has 2 heterocycles. The normalized spacial score (nSPS) is 13.1. The number of benzene rings is 1. The van der Waals surface area contributed by atoms with E-state index in [-0.39, 0.29) is 10.3 Å². The molecule has 0 radical (unpaired) electrons. The number of carbonyl (C=O) groups excluding carboxylic acids is 1. The van der Waals surface area contributed by atoms with E-state index in [0.717, 1.165) is 21.5 Å². The van der Waals surface area contributed by atoms with Gasteiger partial charge >= 0.3 is 12.1 Å². The number of aryl methyl sites for hydroxylation is 1. The highest BCUT2D eigenvalue weighted by Crippen LogP contribution is 2.42. The van der Waals surface area contributed by atoms with Crippen molar-refractivity contribution in [3.8, 4) is 11.3 Å². The first kappa shape index (κ1) is 25.9. The molecule has 13 heteroatoms. The van der Waals surface area contributed by atoms with Crippen LogP contribution in [0.4, 0.5) is 22.0 Å². The Bertz CT molecular complexity index is 1270. The van der Waals surface area contributed by atoms with Crippen LogP contribution < -0.4 is 0 Å². The maximum Gasteiger partial charge on any atom is 0.435 e. The van der Waals surface area contributed by atoms with E-state index < -0.39 is 56.9 Å². The Morgan fingerprint density at radius 3 is 2.21 bits per heavy atom. The van der Waals surface area contributed by atoms with E-state index in [2.05, 4.69) is 26.1 Å². The van der Waals surface area contributed by atoms with Gasteiger partial charge < -0.3 is 4.74 Å². The summed E-state index contributed by atoms with van der Waals surface area (Å²) in [5, 5.41) is 6.98. The minimum atomic E-state index is -4.95. The lowest BCUT2D eigenvalue weighted by Crippen LogP contribution is -2.23. The molecule has 0 aliphatic carbocycles. The van der Waals surface area contributed by atoms with Crippen molar-refractivity contribution in [2.75, 3.05) is 0 Å². The molecule has 0 bridgehead atoms. The van der Waals surface area contributed by atoms with Gasteiger partial charge in [0.2, 0.25) is 0 Å². The van der Waals surface area contributed by atoms with Crippen molar-refractivity contribution < 1.29 is 31.5 Å². The van der Waals surface area contributed by atoms with Crippen LogP contribution in [0, 0.1) is 17.0 Å². The molecular formula is C21H17BrClF5N4O2. The maximum absolute atomic E-state index is 14.2. The Morgan fingerprint density at radius 2 is 1.68 bits per heavy atom. The molecule has 1 aromatic carbocycles. The summed E-state index contributed by atoms with van der Waals surface area (Å²) in [4.78, 5) is 12.6. The van der Waals surface area contributed by atoms with Crippen LogP contribution in [0.25, 0.3) is 21.6 Å². The lowest BCUT2D eigenvalue weighted by atomic mass is 9.97. The molecule has 0 saturated heterocycles. The number of aromatic nitrogens is 4. The number of esters is 1. The van der Waals surface area contributed by atoms with Crippen molar-refractivity contribution >= 4 is 43.9 Å². The maximum atomic E-state index is 14.2. The fraction of sp³-hybridized carbons (Fsp3) is 0.286. The molecule has 0 aliphatic heterocycles. The third-order valence-electron chi connectivity index (χ3n) is 4.48. The molecule has 0 atom stereocenters. The Hall–Kier alpha value is -2.73. The highest BCUT2D eigenvalue weighted by atomic mass is 79.9. The molecule has 0 fully saturated rings. The molecule has 0 N–H and O–H groups in total. The molecule has 0 amide bonds. The van der Waals surface area contributed by atoms with E-state index in [4.69, 9.17) is 16.3 Å². The van der Waals surface area contributed by atoms with Crippen LogP contribution in [0.3, 0.4) is 0 Å². The van der Waals surface area contributed by atoms with E-state index in [1.807, 2.05) is 0 Å². The zero-order chi connectivity index (χ0) is 25.6. The topological polar surface area (TPSA) is 61.9 Å². The zero-order valence-corrected chi connectivity index (χ0v) is 20.5. The van der Waals surface area contributed by atoms with E-state index in [1.165, 1.54) is 46.1 Å². The summed E-state index contributed by atoms with van der Waals surface area (Å²) in [6.45, 7) is 4.51. The summed E-state index contributed by atoms with van der Waals surface area (Å²) in [6.07, 6.45) is -3.73. The third kappa shape index (κ3) is 5.02. The van der Waals surface area contributed by atoms with Crippen molar-refractivity contribution in [1.82, 2.24) is 19.6 Å². The second-order valence-electron chi connectivity index (χ2n) is 8.14.